The zero-order valence-electron chi connectivity index (χ0n) is 13.3. The summed E-state index contributed by atoms with van der Waals surface area (Å²) in [6.45, 7) is 12.2. The van der Waals surface area contributed by atoms with Crippen molar-refractivity contribution in [3.8, 4) is 0 Å². The number of urea groups is 1. The first kappa shape index (κ1) is 17.4. The minimum absolute atomic E-state index is 0.0844. The summed E-state index contributed by atoms with van der Waals surface area (Å²) in [5.74, 6) is 0.491. The van der Waals surface area contributed by atoms with Gasteiger partial charge in [-0.1, -0.05) is 6.92 Å². The Morgan fingerprint density at radius 2 is 2.10 bits per heavy atom. The number of nitrogens with one attached hydrogen (secondary N) is 1. The second kappa shape index (κ2) is 6.89. The van der Waals surface area contributed by atoms with Crippen molar-refractivity contribution in [2.45, 2.75) is 51.4 Å². The molecule has 0 aromatic heterocycles. The number of morpholine rings is 1. The van der Waals surface area contributed by atoms with Crippen LogP contribution in [-0.2, 0) is 15.5 Å². The lowest BCUT2D eigenvalue weighted by atomic mass is 10.0. The summed E-state index contributed by atoms with van der Waals surface area (Å²) < 4.78 is 17.4. The predicted molar refractivity (Wildman–Crippen MR) is 82.4 cm³/mol. The molecule has 0 aliphatic carbocycles. The van der Waals surface area contributed by atoms with Crippen LogP contribution in [0.15, 0.2) is 0 Å². The van der Waals surface area contributed by atoms with Crippen LogP contribution in [0.1, 0.15) is 41.0 Å². The normalized spacial score (nSPS) is 25.4. The molecule has 1 aliphatic heterocycles. The zero-order chi connectivity index (χ0) is 15.4. The van der Waals surface area contributed by atoms with Crippen molar-refractivity contribution in [2.75, 3.05) is 32.0 Å². The lowest BCUT2D eigenvalue weighted by Crippen LogP contribution is -2.54. The molecule has 0 saturated carbocycles. The smallest absolute Gasteiger partial charge is 0.317 e. The predicted octanol–water partition coefficient (Wildman–Crippen LogP) is 1.74. The first-order valence-corrected chi connectivity index (χ1v) is 8.55. The molecule has 2 amide bonds. The van der Waals surface area contributed by atoms with Gasteiger partial charge in [-0.3, -0.25) is 4.21 Å². The van der Waals surface area contributed by atoms with Crippen molar-refractivity contribution in [3.63, 3.8) is 0 Å². The molecule has 1 rings (SSSR count). The van der Waals surface area contributed by atoms with Gasteiger partial charge in [0.05, 0.1) is 18.8 Å². The SMILES string of the molecule is CC[C@@]1(C)CN(C(=O)NCC[S@@](=O)C(C)(C)C)CCO1. The minimum atomic E-state index is -0.934. The van der Waals surface area contributed by atoms with Gasteiger partial charge in [-0.15, -0.1) is 0 Å². The van der Waals surface area contributed by atoms with Gasteiger partial charge in [0.15, 0.2) is 0 Å². The molecule has 0 spiro atoms. The van der Waals surface area contributed by atoms with Gasteiger partial charge >= 0.3 is 6.03 Å². The van der Waals surface area contributed by atoms with Crippen LogP contribution in [0.4, 0.5) is 4.79 Å². The molecule has 1 heterocycles. The number of hydrogen-bond donors (Lipinski definition) is 1. The highest BCUT2D eigenvalue weighted by molar-refractivity contribution is 7.86. The Kier molecular flexibility index (Phi) is 6.01. The van der Waals surface area contributed by atoms with Gasteiger partial charge in [-0.2, -0.15) is 0 Å². The van der Waals surface area contributed by atoms with E-state index in [0.717, 1.165) is 6.42 Å². The lowest BCUT2D eigenvalue weighted by Gasteiger charge is -2.39. The van der Waals surface area contributed by atoms with E-state index in [1.807, 2.05) is 27.7 Å². The van der Waals surface area contributed by atoms with E-state index in [0.29, 0.717) is 32.0 Å². The monoisotopic (exact) mass is 304 g/mol. The first-order valence-electron chi connectivity index (χ1n) is 7.23. The van der Waals surface area contributed by atoms with E-state index in [1.54, 1.807) is 4.90 Å². The van der Waals surface area contributed by atoms with Gasteiger partial charge in [0.2, 0.25) is 0 Å². The minimum Gasteiger partial charge on any atom is -0.372 e. The Morgan fingerprint density at radius 1 is 1.45 bits per heavy atom. The first-order chi connectivity index (χ1) is 9.18. The standard InChI is InChI=1S/C14H28N2O3S/c1-6-14(5)11-16(8-9-19-14)12(17)15-7-10-20(18)13(2,3)4/h6-11H2,1-5H3,(H,15,17)/t14-,20+/m0/s1. The quantitative estimate of drug-likeness (QED) is 0.861. The largest absolute Gasteiger partial charge is 0.372 e. The molecular formula is C14H28N2O3S. The van der Waals surface area contributed by atoms with Crippen LogP contribution in [0.3, 0.4) is 0 Å². The summed E-state index contributed by atoms with van der Waals surface area (Å²) in [6, 6.07) is -0.0844. The van der Waals surface area contributed by atoms with Crippen LogP contribution in [-0.4, -0.2) is 57.5 Å². The Bertz CT molecular complexity index is 368. The summed E-state index contributed by atoms with van der Waals surface area (Å²) in [5.41, 5.74) is -0.246. The summed E-state index contributed by atoms with van der Waals surface area (Å²) in [5, 5.41) is 2.86. The Labute approximate surface area is 124 Å². The maximum Gasteiger partial charge on any atom is 0.317 e. The maximum atomic E-state index is 12.1. The highest BCUT2D eigenvalue weighted by Gasteiger charge is 2.32. The van der Waals surface area contributed by atoms with Crippen LogP contribution >= 0.6 is 0 Å². The van der Waals surface area contributed by atoms with Crippen LogP contribution in [0.5, 0.6) is 0 Å². The molecule has 0 aromatic carbocycles. The van der Waals surface area contributed by atoms with Gasteiger partial charge in [0.1, 0.15) is 0 Å². The summed E-state index contributed by atoms with van der Waals surface area (Å²) in [7, 11) is -0.934. The summed E-state index contributed by atoms with van der Waals surface area (Å²) in [6.07, 6.45) is 0.880. The van der Waals surface area contributed by atoms with E-state index in [2.05, 4.69) is 12.2 Å². The van der Waals surface area contributed by atoms with E-state index in [4.69, 9.17) is 4.74 Å². The van der Waals surface area contributed by atoms with E-state index < -0.39 is 10.8 Å². The average molecular weight is 304 g/mol. The topological polar surface area (TPSA) is 58.6 Å². The fourth-order valence-corrected chi connectivity index (χ4v) is 2.89. The second-order valence-corrected chi connectivity index (χ2v) is 8.79. The van der Waals surface area contributed by atoms with Gasteiger partial charge < -0.3 is 15.0 Å². The fourth-order valence-electron chi connectivity index (χ4n) is 1.99. The van der Waals surface area contributed by atoms with E-state index in [1.165, 1.54) is 0 Å². The third kappa shape index (κ3) is 5.05. The van der Waals surface area contributed by atoms with E-state index >= 15 is 0 Å². The fraction of sp³-hybridized carbons (Fsp3) is 0.929. The molecule has 1 aliphatic rings. The van der Waals surface area contributed by atoms with Crippen LogP contribution in [0.25, 0.3) is 0 Å². The van der Waals surface area contributed by atoms with Gasteiger partial charge in [-0.05, 0) is 34.1 Å². The highest BCUT2D eigenvalue weighted by Crippen LogP contribution is 2.20. The molecule has 1 N–H and O–H groups in total. The molecule has 0 bridgehead atoms. The number of amides is 2. The van der Waals surface area contributed by atoms with E-state index in [9.17, 15) is 9.00 Å². The molecule has 0 aromatic rings. The van der Waals surface area contributed by atoms with Crippen LogP contribution in [0.2, 0.25) is 0 Å². The molecule has 0 radical (unpaired) electrons. The van der Waals surface area contributed by atoms with Crippen molar-refractivity contribution in [3.05, 3.63) is 0 Å². The average Bonchev–Trinajstić information content (AvgIpc) is 2.37. The van der Waals surface area contributed by atoms with Crippen molar-refractivity contribution in [1.82, 2.24) is 10.2 Å². The van der Waals surface area contributed by atoms with Crippen molar-refractivity contribution >= 4 is 16.8 Å². The Hall–Kier alpha value is -0.620. The molecule has 1 saturated heterocycles. The molecular weight excluding hydrogens is 276 g/mol. The Morgan fingerprint density at radius 3 is 2.65 bits per heavy atom. The number of carbonyl (C=O) groups is 1. The van der Waals surface area contributed by atoms with Crippen LogP contribution < -0.4 is 5.32 Å². The number of hydrogen-bond acceptors (Lipinski definition) is 3. The molecule has 0 unspecified atom stereocenters. The van der Waals surface area contributed by atoms with Crippen LogP contribution in [0, 0.1) is 0 Å². The van der Waals surface area contributed by atoms with Crippen molar-refractivity contribution in [1.29, 1.82) is 0 Å². The molecule has 6 heteroatoms. The Balaban J connectivity index is 2.38. The van der Waals surface area contributed by atoms with Gasteiger partial charge in [0, 0.05) is 34.4 Å². The molecule has 118 valence electrons. The molecule has 5 nitrogen and oxygen atoms in total. The summed E-state index contributed by atoms with van der Waals surface area (Å²) >= 11 is 0. The molecule has 1 fully saturated rings. The molecule has 20 heavy (non-hydrogen) atoms. The van der Waals surface area contributed by atoms with Crippen molar-refractivity contribution < 1.29 is 13.7 Å². The number of nitrogens with zero attached hydrogens (tertiary/aromatic N) is 1. The third-order valence-corrected chi connectivity index (χ3v) is 5.56. The van der Waals surface area contributed by atoms with E-state index in [-0.39, 0.29) is 16.4 Å². The second-order valence-electron chi connectivity index (χ2n) is 6.47. The highest BCUT2D eigenvalue weighted by atomic mass is 32.2. The maximum absolute atomic E-state index is 12.1. The number of carbonyl (C=O) groups excluding carboxylic acids is 1. The molecule has 2 atom stereocenters. The lowest BCUT2D eigenvalue weighted by molar-refractivity contribution is -0.0872. The van der Waals surface area contributed by atoms with Gasteiger partial charge in [-0.25, -0.2) is 4.79 Å². The van der Waals surface area contributed by atoms with Crippen molar-refractivity contribution in [2.24, 2.45) is 0 Å². The number of rotatable bonds is 4. The van der Waals surface area contributed by atoms with Gasteiger partial charge in [0.25, 0.3) is 0 Å². The number of ether oxygens (including phenoxy) is 1. The third-order valence-electron chi connectivity index (χ3n) is 3.62. The zero-order valence-corrected chi connectivity index (χ0v) is 14.1. The summed E-state index contributed by atoms with van der Waals surface area (Å²) in [4.78, 5) is 13.9.